The molecule has 0 atom stereocenters. The average molecular weight is 440 g/mol. The van der Waals surface area contributed by atoms with Gasteiger partial charge in [0, 0.05) is 32.8 Å². The van der Waals surface area contributed by atoms with Crippen molar-refractivity contribution in [2.75, 3.05) is 52.9 Å². The number of halogens is 1. The van der Waals surface area contributed by atoms with Crippen molar-refractivity contribution in [3.8, 4) is 0 Å². The number of hydrogen-bond acceptors (Lipinski definition) is 3. The van der Waals surface area contributed by atoms with E-state index in [0.717, 1.165) is 58.1 Å². The van der Waals surface area contributed by atoms with E-state index in [0.29, 0.717) is 6.10 Å². The monoisotopic (exact) mass is 440 g/mol. The van der Waals surface area contributed by atoms with Crippen LogP contribution in [-0.4, -0.2) is 74.8 Å². The van der Waals surface area contributed by atoms with E-state index < -0.39 is 0 Å². The lowest BCUT2D eigenvalue weighted by Crippen LogP contribution is -2.47. The fourth-order valence-electron chi connectivity index (χ4n) is 2.76. The lowest BCUT2D eigenvalue weighted by atomic mass is 10.1. The summed E-state index contributed by atoms with van der Waals surface area (Å²) in [5, 5.41) is 3.43. The van der Waals surface area contributed by atoms with Crippen molar-refractivity contribution in [1.82, 2.24) is 15.1 Å². The molecule has 23 heavy (non-hydrogen) atoms. The molecule has 0 aromatic heterocycles. The minimum atomic E-state index is 0. The Morgan fingerprint density at radius 3 is 2.48 bits per heavy atom. The van der Waals surface area contributed by atoms with Crippen LogP contribution in [0.25, 0.3) is 0 Å². The summed E-state index contributed by atoms with van der Waals surface area (Å²) in [6.45, 7) is 13.4. The van der Waals surface area contributed by atoms with Gasteiger partial charge in [-0.3, -0.25) is 4.99 Å². The fourth-order valence-corrected chi connectivity index (χ4v) is 2.76. The van der Waals surface area contributed by atoms with E-state index in [1.807, 2.05) is 0 Å². The SMILES string of the molecule is CCCCN(C)CCN=C(NCC)N1CCC(OCC)CC1.I. The van der Waals surface area contributed by atoms with Gasteiger partial charge in [-0.25, -0.2) is 0 Å². The molecule has 5 nitrogen and oxygen atoms in total. The first-order valence-electron chi connectivity index (χ1n) is 9.04. The Balaban J connectivity index is 0.00000484. The standard InChI is InChI=1S/C17H36N4O.HI/c1-5-8-12-20(4)15-11-19-17(18-6-2)21-13-9-16(10-14-21)22-7-3;/h16H,5-15H2,1-4H3,(H,18,19);1H. The van der Waals surface area contributed by atoms with Crippen molar-refractivity contribution in [2.45, 2.75) is 52.6 Å². The van der Waals surface area contributed by atoms with E-state index in [1.165, 1.54) is 19.4 Å². The largest absolute Gasteiger partial charge is 0.378 e. The molecule has 1 heterocycles. The first-order valence-corrected chi connectivity index (χ1v) is 9.04. The maximum Gasteiger partial charge on any atom is 0.193 e. The van der Waals surface area contributed by atoms with Crippen molar-refractivity contribution < 1.29 is 4.74 Å². The van der Waals surface area contributed by atoms with E-state index in [4.69, 9.17) is 9.73 Å². The average Bonchev–Trinajstić information content (AvgIpc) is 2.53. The number of nitrogens with zero attached hydrogens (tertiary/aromatic N) is 3. The number of ether oxygens (including phenoxy) is 1. The van der Waals surface area contributed by atoms with Crippen LogP contribution in [0, 0.1) is 0 Å². The molecule has 0 amide bonds. The smallest absolute Gasteiger partial charge is 0.193 e. The number of unbranched alkanes of at least 4 members (excludes halogenated alkanes) is 1. The van der Waals surface area contributed by atoms with E-state index in [-0.39, 0.29) is 24.0 Å². The molecule has 0 spiro atoms. The van der Waals surface area contributed by atoms with Crippen molar-refractivity contribution in [1.29, 1.82) is 0 Å². The zero-order valence-corrected chi connectivity index (χ0v) is 17.8. The van der Waals surface area contributed by atoms with Crippen LogP contribution in [0.4, 0.5) is 0 Å². The third kappa shape index (κ3) is 9.72. The van der Waals surface area contributed by atoms with Gasteiger partial charge in [0.05, 0.1) is 12.6 Å². The predicted octanol–water partition coefficient (Wildman–Crippen LogP) is 2.80. The minimum Gasteiger partial charge on any atom is -0.378 e. The Morgan fingerprint density at radius 1 is 1.22 bits per heavy atom. The normalized spacial score (nSPS) is 16.6. The van der Waals surface area contributed by atoms with E-state index in [9.17, 15) is 0 Å². The topological polar surface area (TPSA) is 40.1 Å². The van der Waals surface area contributed by atoms with Gasteiger partial charge in [-0.05, 0) is 46.7 Å². The van der Waals surface area contributed by atoms with Gasteiger partial charge in [-0.2, -0.15) is 0 Å². The van der Waals surface area contributed by atoms with E-state index in [2.05, 4.69) is 42.9 Å². The summed E-state index contributed by atoms with van der Waals surface area (Å²) in [6.07, 6.45) is 5.17. The van der Waals surface area contributed by atoms with Crippen LogP contribution in [0.2, 0.25) is 0 Å². The molecule has 0 aromatic rings. The number of rotatable bonds is 9. The van der Waals surface area contributed by atoms with Crippen molar-refractivity contribution in [3.63, 3.8) is 0 Å². The Labute approximate surface area is 160 Å². The van der Waals surface area contributed by atoms with Crippen LogP contribution in [-0.2, 0) is 4.74 Å². The maximum absolute atomic E-state index is 5.73. The third-order valence-electron chi connectivity index (χ3n) is 4.12. The number of aliphatic imine (C=N–C) groups is 1. The maximum atomic E-state index is 5.73. The lowest BCUT2D eigenvalue weighted by molar-refractivity contribution is 0.0263. The summed E-state index contributed by atoms with van der Waals surface area (Å²) < 4.78 is 5.73. The molecule has 1 aliphatic heterocycles. The zero-order chi connectivity index (χ0) is 16.2. The van der Waals surface area contributed by atoms with Gasteiger partial charge in [0.2, 0.25) is 0 Å². The number of nitrogens with one attached hydrogen (secondary N) is 1. The van der Waals surface area contributed by atoms with Crippen LogP contribution in [0.3, 0.4) is 0 Å². The van der Waals surface area contributed by atoms with Gasteiger partial charge in [-0.15, -0.1) is 24.0 Å². The highest BCUT2D eigenvalue weighted by molar-refractivity contribution is 14.0. The highest BCUT2D eigenvalue weighted by Gasteiger charge is 2.21. The number of piperidine rings is 1. The Morgan fingerprint density at radius 2 is 1.91 bits per heavy atom. The number of likely N-dealkylation sites (tertiary alicyclic amines) is 1. The van der Waals surface area contributed by atoms with Gasteiger partial charge in [-0.1, -0.05) is 13.3 Å². The zero-order valence-electron chi connectivity index (χ0n) is 15.5. The van der Waals surface area contributed by atoms with E-state index in [1.54, 1.807) is 0 Å². The molecule has 1 rings (SSSR count). The Bertz CT molecular complexity index is 307. The Hall–Kier alpha value is -0.0800. The molecule has 138 valence electrons. The number of guanidine groups is 1. The van der Waals surface area contributed by atoms with Gasteiger partial charge >= 0.3 is 0 Å². The molecule has 0 radical (unpaired) electrons. The molecule has 0 aliphatic carbocycles. The summed E-state index contributed by atoms with van der Waals surface area (Å²) >= 11 is 0. The summed E-state index contributed by atoms with van der Waals surface area (Å²) in [4.78, 5) is 9.56. The molecule has 1 saturated heterocycles. The van der Waals surface area contributed by atoms with Crippen molar-refractivity contribution >= 4 is 29.9 Å². The molecule has 1 N–H and O–H groups in total. The van der Waals surface area contributed by atoms with Gasteiger partial charge in [0.15, 0.2) is 5.96 Å². The quantitative estimate of drug-likeness (QED) is 0.340. The second-order valence-corrected chi connectivity index (χ2v) is 6.03. The molecule has 0 aromatic carbocycles. The van der Waals surface area contributed by atoms with Gasteiger partial charge in [0.25, 0.3) is 0 Å². The molecule has 1 fully saturated rings. The molecule has 0 unspecified atom stereocenters. The van der Waals surface area contributed by atoms with Gasteiger partial charge < -0.3 is 19.9 Å². The molecule has 0 bridgehead atoms. The van der Waals surface area contributed by atoms with Crippen LogP contribution in [0.15, 0.2) is 4.99 Å². The minimum absolute atomic E-state index is 0. The first kappa shape index (κ1) is 22.9. The number of hydrogen-bond donors (Lipinski definition) is 1. The van der Waals surface area contributed by atoms with Crippen LogP contribution >= 0.6 is 24.0 Å². The lowest BCUT2D eigenvalue weighted by Gasteiger charge is -2.34. The second kappa shape index (κ2) is 14.3. The molecule has 6 heteroatoms. The molecular formula is C17H37IN4O. The first-order chi connectivity index (χ1) is 10.7. The fraction of sp³-hybridized carbons (Fsp3) is 0.941. The molecular weight excluding hydrogens is 403 g/mol. The van der Waals surface area contributed by atoms with Crippen LogP contribution < -0.4 is 5.32 Å². The van der Waals surface area contributed by atoms with Crippen LogP contribution in [0.1, 0.15) is 46.5 Å². The summed E-state index contributed by atoms with van der Waals surface area (Å²) in [5.74, 6) is 1.07. The summed E-state index contributed by atoms with van der Waals surface area (Å²) in [6, 6.07) is 0. The van der Waals surface area contributed by atoms with E-state index >= 15 is 0 Å². The van der Waals surface area contributed by atoms with Crippen molar-refractivity contribution in [3.05, 3.63) is 0 Å². The molecule has 0 saturated carbocycles. The Kier molecular flexibility index (Phi) is 14.2. The van der Waals surface area contributed by atoms with Crippen LogP contribution in [0.5, 0.6) is 0 Å². The summed E-state index contributed by atoms with van der Waals surface area (Å²) in [5.41, 5.74) is 0. The third-order valence-corrected chi connectivity index (χ3v) is 4.12. The predicted molar refractivity (Wildman–Crippen MR) is 110 cm³/mol. The number of likely N-dealkylation sites (N-methyl/N-ethyl adjacent to an activating group) is 1. The molecule has 1 aliphatic rings. The van der Waals surface area contributed by atoms with Crippen molar-refractivity contribution in [2.24, 2.45) is 4.99 Å². The highest BCUT2D eigenvalue weighted by Crippen LogP contribution is 2.13. The second-order valence-electron chi connectivity index (χ2n) is 6.03. The highest BCUT2D eigenvalue weighted by atomic mass is 127. The van der Waals surface area contributed by atoms with Gasteiger partial charge in [0.1, 0.15) is 0 Å². The summed E-state index contributed by atoms with van der Waals surface area (Å²) in [7, 11) is 2.19.